The van der Waals surface area contributed by atoms with E-state index in [2.05, 4.69) is 46.9 Å². The summed E-state index contributed by atoms with van der Waals surface area (Å²) < 4.78 is 1.05. The average Bonchev–Trinajstić information content (AvgIpc) is 2.33. The predicted octanol–water partition coefficient (Wildman–Crippen LogP) is 4.04. The van der Waals surface area contributed by atoms with Gasteiger partial charge >= 0.3 is 0 Å². The van der Waals surface area contributed by atoms with Crippen molar-refractivity contribution in [1.29, 1.82) is 0 Å². The van der Waals surface area contributed by atoms with Crippen LogP contribution in [-0.2, 0) is 6.54 Å². The van der Waals surface area contributed by atoms with Gasteiger partial charge in [0.05, 0.1) is 0 Å². The van der Waals surface area contributed by atoms with E-state index in [-0.39, 0.29) is 0 Å². The van der Waals surface area contributed by atoms with Gasteiger partial charge in [-0.3, -0.25) is 4.90 Å². The van der Waals surface area contributed by atoms with Crippen LogP contribution >= 0.6 is 15.9 Å². The summed E-state index contributed by atoms with van der Waals surface area (Å²) in [5, 5.41) is 0. The molecule has 0 bridgehead atoms. The van der Waals surface area contributed by atoms with Crippen LogP contribution in [0.3, 0.4) is 0 Å². The van der Waals surface area contributed by atoms with E-state index in [0.717, 1.165) is 22.6 Å². The highest BCUT2D eigenvalue weighted by atomic mass is 79.9. The molecule has 1 fully saturated rings. The lowest BCUT2D eigenvalue weighted by Crippen LogP contribution is -2.38. The molecule has 2 nitrogen and oxygen atoms in total. The monoisotopic (exact) mass is 310 g/mol. The largest absolute Gasteiger partial charge is 0.398 e. The maximum absolute atomic E-state index is 6.08. The highest BCUT2D eigenvalue weighted by Gasteiger charge is 2.25. The molecule has 2 unspecified atom stereocenters. The minimum Gasteiger partial charge on any atom is -0.398 e. The lowest BCUT2D eigenvalue weighted by atomic mass is 9.85. The van der Waals surface area contributed by atoms with Crippen LogP contribution in [0.4, 0.5) is 5.69 Å². The number of nitrogens with zero attached hydrogens (tertiary/aromatic N) is 1. The third-order valence-corrected chi connectivity index (χ3v) is 4.65. The molecule has 2 N–H and O–H groups in total. The molecule has 0 radical (unpaired) electrons. The molecule has 1 aliphatic carbocycles. The number of rotatable bonds is 3. The van der Waals surface area contributed by atoms with Crippen LogP contribution in [0.1, 0.15) is 38.2 Å². The summed E-state index contributed by atoms with van der Waals surface area (Å²) in [6.45, 7) is 3.33. The first-order valence-corrected chi connectivity index (χ1v) is 7.61. The molecule has 2 atom stereocenters. The summed E-state index contributed by atoms with van der Waals surface area (Å²) in [4.78, 5) is 2.48. The Hall–Kier alpha value is -0.540. The van der Waals surface area contributed by atoms with Gasteiger partial charge in [0.15, 0.2) is 0 Å². The number of anilines is 1. The van der Waals surface area contributed by atoms with Crippen LogP contribution in [0, 0.1) is 5.92 Å². The molecule has 0 heterocycles. The summed E-state index contributed by atoms with van der Waals surface area (Å²) in [6, 6.07) is 6.91. The molecule has 1 aliphatic rings. The topological polar surface area (TPSA) is 29.3 Å². The highest BCUT2D eigenvalue weighted by Crippen LogP contribution is 2.29. The molecule has 0 amide bonds. The number of nitrogen functional groups attached to an aromatic ring is 1. The van der Waals surface area contributed by atoms with Crippen LogP contribution in [0.5, 0.6) is 0 Å². The molecule has 0 aliphatic heterocycles. The third-order valence-electron chi connectivity index (χ3n) is 4.16. The molecular weight excluding hydrogens is 288 g/mol. The molecule has 1 saturated carbocycles. The molecule has 0 aromatic heterocycles. The molecule has 0 spiro atoms. The van der Waals surface area contributed by atoms with Gasteiger partial charge in [-0.1, -0.05) is 41.8 Å². The highest BCUT2D eigenvalue weighted by molar-refractivity contribution is 9.10. The van der Waals surface area contributed by atoms with Crippen LogP contribution in [-0.4, -0.2) is 18.0 Å². The Morgan fingerprint density at radius 1 is 1.33 bits per heavy atom. The second-order valence-corrected chi connectivity index (χ2v) is 6.50. The van der Waals surface area contributed by atoms with Gasteiger partial charge in [0.25, 0.3) is 0 Å². The zero-order valence-electron chi connectivity index (χ0n) is 11.3. The SMILES string of the molecule is CC1CCCCC1N(C)Cc1ccc(Br)cc1N. The van der Waals surface area contributed by atoms with E-state index < -0.39 is 0 Å². The van der Waals surface area contributed by atoms with Crippen molar-refractivity contribution in [2.24, 2.45) is 5.92 Å². The van der Waals surface area contributed by atoms with Crippen LogP contribution in [0.25, 0.3) is 0 Å². The van der Waals surface area contributed by atoms with Gasteiger partial charge < -0.3 is 5.73 Å². The summed E-state index contributed by atoms with van der Waals surface area (Å²) in [7, 11) is 2.23. The van der Waals surface area contributed by atoms with E-state index in [9.17, 15) is 0 Å². The smallest absolute Gasteiger partial charge is 0.0371 e. The first-order chi connectivity index (χ1) is 8.58. The second kappa shape index (κ2) is 6.07. The fourth-order valence-corrected chi connectivity index (χ4v) is 3.43. The molecule has 1 aromatic carbocycles. The first kappa shape index (κ1) is 13.9. The molecular formula is C15H23BrN2. The summed E-state index contributed by atoms with van der Waals surface area (Å²) in [6.07, 6.45) is 5.46. The Labute approximate surface area is 119 Å². The van der Waals surface area contributed by atoms with Crippen molar-refractivity contribution in [3.8, 4) is 0 Å². The predicted molar refractivity (Wildman–Crippen MR) is 81.4 cm³/mol. The van der Waals surface area contributed by atoms with E-state index >= 15 is 0 Å². The van der Waals surface area contributed by atoms with Crippen molar-refractivity contribution in [2.75, 3.05) is 12.8 Å². The van der Waals surface area contributed by atoms with Gasteiger partial charge in [0.1, 0.15) is 0 Å². The number of nitrogens with two attached hydrogens (primary N) is 1. The first-order valence-electron chi connectivity index (χ1n) is 6.82. The Kier molecular flexibility index (Phi) is 4.68. The fourth-order valence-electron chi connectivity index (χ4n) is 3.05. The quantitative estimate of drug-likeness (QED) is 0.854. The van der Waals surface area contributed by atoms with E-state index in [1.165, 1.54) is 31.2 Å². The van der Waals surface area contributed by atoms with Crippen molar-refractivity contribution >= 4 is 21.6 Å². The normalized spacial score (nSPS) is 24.4. The fraction of sp³-hybridized carbons (Fsp3) is 0.600. The van der Waals surface area contributed by atoms with E-state index in [4.69, 9.17) is 5.73 Å². The minimum absolute atomic E-state index is 0.710. The van der Waals surface area contributed by atoms with Gasteiger partial charge in [-0.05, 0) is 43.5 Å². The number of benzene rings is 1. The Morgan fingerprint density at radius 3 is 2.72 bits per heavy atom. The average molecular weight is 311 g/mol. The summed E-state index contributed by atoms with van der Waals surface area (Å²) in [5.74, 6) is 0.806. The van der Waals surface area contributed by atoms with Crippen LogP contribution in [0.2, 0.25) is 0 Å². The van der Waals surface area contributed by atoms with Crippen molar-refractivity contribution in [3.63, 3.8) is 0 Å². The zero-order chi connectivity index (χ0) is 13.1. The van der Waals surface area contributed by atoms with Gasteiger partial charge in [-0.15, -0.1) is 0 Å². The molecule has 2 rings (SSSR count). The molecule has 0 saturated heterocycles. The Balaban J connectivity index is 2.03. The van der Waals surface area contributed by atoms with Gasteiger partial charge in [0, 0.05) is 22.7 Å². The number of hydrogen-bond acceptors (Lipinski definition) is 2. The lowest BCUT2D eigenvalue weighted by Gasteiger charge is -2.36. The maximum Gasteiger partial charge on any atom is 0.0371 e. The van der Waals surface area contributed by atoms with Crippen molar-refractivity contribution in [3.05, 3.63) is 28.2 Å². The number of halogens is 1. The Bertz CT molecular complexity index is 405. The molecule has 18 heavy (non-hydrogen) atoms. The standard InChI is InChI=1S/C15H23BrN2/c1-11-5-3-4-6-15(11)18(2)10-12-7-8-13(16)9-14(12)17/h7-9,11,15H,3-6,10,17H2,1-2H3. The van der Waals surface area contributed by atoms with Crippen molar-refractivity contribution in [2.45, 2.75) is 45.2 Å². The van der Waals surface area contributed by atoms with Crippen LogP contribution < -0.4 is 5.73 Å². The van der Waals surface area contributed by atoms with Gasteiger partial charge in [-0.25, -0.2) is 0 Å². The van der Waals surface area contributed by atoms with Crippen molar-refractivity contribution < 1.29 is 0 Å². The second-order valence-electron chi connectivity index (χ2n) is 5.59. The maximum atomic E-state index is 6.08. The van der Waals surface area contributed by atoms with Gasteiger partial charge in [0.2, 0.25) is 0 Å². The van der Waals surface area contributed by atoms with E-state index in [1.807, 2.05) is 6.07 Å². The van der Waals surface area contributed by atoms with Gasteiger partial charge in [-0.2, -0.15) is 0 Å². The Morgan fingerprint density at radius 2 is 2.06 bits per heavy atom. The molecule has 1 aromatic rings. The van der Waals surface area contributed by atoms with E-state index in [0.29, 0.717) is 6.04 Å². The summed E-state index contributed by atoms with van der Waals surface area (Å²) in [5.41, 5.74) is 8.20. The van der Waals surface area contributed by atoms with Crippen LogP contribution in [0.15, 0.2) is 22.7 Å². The minimum atomic E-state index is 0.710. The zero-order valence-corrected chi connectivity index (χ0v) is 12.9. The summed E-state index contributed by atoms with van der Waals surface area (Å²) >= 11 is 3.46. The molecule has 3 heteroatoms. The van der Waals surface area contributed by atoms with Crippen molar-refractivity contribution in [1.82, 2.24) is 4.90 Å². The number of hydrogen-bond donors (Lipinski definition) is 1. The lowest BCUT2D eigenvalue weighted by molar-refractivity contribution is 0.133. The molecule has 100 valence electrons. The third kappa shape index (κ3) is 3.27. The van der Waals surface area contributed by atoms with E-state index in [1.54, 1.807) is 0 Å².